The SMILES string of the molecule is COCc1cc(CN2CCOC(CN)C2)no1. The Morgan fingerprint density at radius 1 is 1.65 bits per heavy atom. The van der Waals surface area contributed by atoms with Gasteiger partial charge in [-0.05, 0) is 0 Å². The van der Waals surface area contributed by atoms with Crippen LogP contribution in [-0.4, -0.2) is 49.5 Å². The van der Waals surface area contributed by atoms with Gasteiger partial charge in [-0.1, -0.05) is 5.16 Å². The van der Waals surface area contributed by atoms with Gasteiger partial charge in [-0.2, -0.15) is 0 Å². The van der Waals surface area contributed by atoms with Crippen LogP contribution in [0.25, 0.3) is 0 Å². The predicted octanol–water partition coefficient (Wildman–Crippen LogP) is -0.0195. The van der Waals surface area contributed by atoms with E-state index in [1.165, 1.54) is 0 Å². The van der Waals surface area contributed by atoms with Gasteiger partial charge in [0, 0.05) is 39.4 Å². The summed E-state index contributed by atoms with van der Waals surface area (Å²) in [4.78, 5) is 2.27. The Bertz CT molecular complexity index is 342. The molecule has 0 bridgehead atoms. The first-order chi connectivity index (χ1) is 8.31. The first-order valence-electron chi connectivity index (χ1n) is 5.79. The summed E-state index contributed by atoms with van der Waals surface area (Å²) in [5.41, 5.74) is 6.53. The molecule has 0 spiro atoms. The van der Waals surface area contributed by atoms with Gasteiger partial charge in [0.25, 0.3) is 0 Å². The number of nitrogens with two attached hydrogens (primary N) is 1. The van der Waals surface area contributed by atoms with E-state index in [0.29, 0.717) is 13.2 Å². The topological polar surface area (TPSA) is 73.8 Å². The molecule has 2 N–H and O–H groups in total. The molecule has 1 atom stereocenters. The molecule has 96 valence electrons. The lowest BCUT2D eigenvalue weighted by Crippen LogP contribution is -2.45. The molecule has 0 saturated carbocycles. The van der Waals surface area contributed by atoms with Crippen molar-refractivity contribution in [3.05, 3.63) is 17.5 Å². The van der Waals surface area contributed by atoms with Crippen LogP contribution in [-0.2, 0) is 22.6 Å². The third-order valence-corrected chi connectivity index (χ3v) is 2.77. The predicted molar refractivity (Wildman–Crippen MR) is 61.3 cm³/mol. The average Bonchev–Trinajstić information content (AvgIpc) is 2.77. The Kier molecular flexibility index (Phi) is 4.49. The Hall–Kier alpha value is -0.950. The molecule has 1 aromatic rings. The van der Waals surface area contributed by atoms with Crippen LogP contribution in [0.2, 0.25) is 0 Å². The van der Waals surface area contributed by atoms with Crippen molar-refractivity contribution in [1.82, 2.24) is 10.1 Å². The molecule has 0 amide bonds. The standard InChI is InChI=1S/C11H19N3O3/c1-15-8-10-4-9(13-17-10)6-14-2-3-16-11(5-12)7-14/h4,11H,2-3,5-8,12H2,1H3. The van der Waals surface area contributed by atoms with Gasteiger partial charge in [-0.25, -0.2) is 0 Å². The molecule has 2 rings (SSSR count). The summed E-state index contributed by atoms with van der Waals surface area (Å²) in [5.74, 6) is 0.756. The maximum absolute atomic E-state index is 5.60. The van der Waals surface area contributed by atoms with Crippen LogP contribution >= 0.6 is 0 Å². The second-order valence-electron chi connectivity index (χ2n) is 4.18. The summed E-state index contributed by atoms with van der Waals surface area (Å²) >= 11 is 0. The highest BCUT2D eigenvalue weighted by Crippen LogP contribution is 2.11. The van der Waals surface area contributed by atoms with E-state index in [9.17, 15) is 0 Å². The van der Waals surface area contributed by atoms with Crippen molar-refractivity contribution in [1.29, 1.82) is 0 Å². The molecule has 0 aromatic carbocycles. The van der Waals surface area contributed by atoms with E-state index in [1.54, 1.807) is 7.11 Å². The van der Waals surface area contributed by atoms with E-state index < -0.39 is 0 Å². The lowest BCUT2D eigenvalue weighted by Gasteiger charge is -2.31. The summed E-state index contributed by atoms with van der Waals surface area (Å²) in [6.45, 7) is 4.27. The Morgan fingerprint density at radius 3 is 3.29 bits per heavy atom. The molecule has 1 aliphatic heterocycles. The molecule has 0 radical (unpaired) electrons. The summed E-state index contributed by atoms with van der Waals surface area (Å²) < 4.78 is 15.6. The Morgan fingerprint density at radius 2 is 2.53 bits per heavy atom. The molecule has 6 nitrogen and oxygen atoms in total. The quantitative estimate of drug-likeness (QED) is 0.781. The number of aromatic nitrogens is 1. The van der Waals surface area contributed by atoms with Crippen molar-refractivity contribution in [2.75, 3.05) is 33.4 Å². The molecule has 2 heterocycles. The van der Waals surface area contributed by atoms with Crippen LogP contribution in [0.3, 0.4) is 0 Å². The summed E-state index contributed by atoms with van der Waals surface area (Å²) in [6, 6.07) is 1.93. The normalized spacial score (nSPS) is 21.9. The molecule has 0 aliphatic carbocycles. The summed E-state index contributed by atoms with van der Waals surface area (Å²) in [5, 5.41) is 4.01. The van der Waals surface area contributed by atoms with Crippen LogP contribution in [0.4, 0.5) is 0 Å². The largest absolute Gasteiger partial charge is 0.377 e. The fourth-order valence-electron chi connectivity index (χ4n) is 1.94. The van der Waals surface area contributed by atoms with Gasteiger partial charge in [-0.3, -0.25) is 4.90 Å². The first kappa shape index (κ1) is 12.5. The zero-order valence-electron chi connectivity index (χ0n) is 10.1. The zero-order chi connectivity index (χ0) is 12.1. The van der Waals surface area contributed by atoms with E-state index in [-0.39, 0.29) is 6.10 Å². The highest BCUT2D eigenvalue weighted by atomic mass is 16.5. The fourth-order valence-corrected chi connectivity index (χ4v) is 1.94. The van der Waals surface area contributed by atoms with E-state index in [2.05, 4.69) is 10.1 Å². The lowest BCUT2D eigenvalue weighted by molar-refractivity contribution is -0.0266. The third kappa shape index (κ3) is 3.50. The van der Waals surface area contributed by atoms with Gasteiger partial charge in [0.15, 0.2) is 5.76 Å². The highest BCUT2D eigenvalue weighted by Gasteiger charge is 2.20. The first-order valence-corrected chi connectivity index (χ1v) is 5.79. The smallest absolute Gasteiger partial charge is 0.162 e. The Labute approximate surface area is 101 Å². The van der Waals surface area contributed by atoms with Crippen molar-refractivity contribution in [2.45, 2.75) is 19.3 Å². The molecular formula is C11H19N3O3. The van der Waals surface area contributed by atoms with Crippen molar-refractivity contribution in [2.24, 2.45) is 5.73 Å². The molecule has 1 unspecified atom stereocenters. The number of hydrogen-bond donors (Lipinski definition) is 1. The van der Waals surface area contributed by atoms with Crippen LogP contribution in [0.15, 0.2) is 10.6 Å². The van der Waals surface area contributed by atoms with Crippen LogP contribution < -0.4 is 5.73 Å². The molecule has 1 aliphatic rings. The minimum absolute atomic E-state index is 0.133. The minimum Gasteiger partial charge on any atom is -0.377 e. The molecule has 1 saturated heterocycles. The van der Waals surface area contributed by atoms with Gasteiger partial charge in [0.2, 0.25) is 0 Å². The van der Waals surface area contributed by atoms with Crippen LogP contribution in [0.1, 0.15) is 11.5 Å². The highest BCUT2D eigenvalue weighted by molar-refractivity contribution is 5.04. The molecule has 17 heavy (non-hydrogen) atoms. The number of nitrogens with zero attached hydrogens (tertiary/aromatic N) is 2. The molecule has 6 heteroatoms. The molecule has 1 fully saturated rings. The third-order valence-electron chi connectivity index (χ3n) is 2.77. The van der Waals surface area contributed by atoms with E-state index >= 15 is 0 Å². The van der Waals surface area contributed by atoms with Crippen LogP contribution in [0.5, 0.6) is 0 Å². The van der Waals surface area contributed by atoms with Gasteiger partial charge < -0.3 is 19.7 Å². The van der Waals surface area contributed by atoms with Crippen molar-refractivity contribution in [3.8, 4) is 0 Å². The minimum atomic E-state index is 0.133. The van der Waals surface area contributed by atoms with Crippen molar-refractivity contribution in [3.63, 3.8) is 0 Å². The van der Waals surface area contributed by atoms with Gasteiger partial charge in [-0.15, -0.1) is 0 Å². The maximum Gasteiger partial charge on any atom is 0.162 e. The number of ether oxygens (including phenoxy) is 2. The molecule has 1 aromatic heterocycles. The average molecular weight is 241 g/mol. The summed E-state index contributed by atoms with van der Waals surface area (Å²) in [7, 11) is 1.63. The number of hydrogen-bond acceptors (Lipinski definition) is 6. The number of rotatable bonds is 5. The van der Waals surface area contributed by atoms with Gasteiger partial charge in [0.05, 0.1) is 18.4 Å². The zero-order valence-corrected chi connectivity index (χ0v) is 10.1. The van der Waals surface area contributed by atoms with Crippen LogP contribution in [0, 0.1) is 0 Å². The van der Waals surface area contributed by atoms with Gasteiger partial charge >= 0.3 is 0 Å². The summed E-state index contributed by atoms with van der Waals surface area (Å²) in [6.07, 6.45) is 0.133. The van der Waals surface area contributed by atoms with E-state index in [1.807, 2.05) is 6.07 Å². The second kappa shape index (κ2) is 6.11. The van der Waals surface area contributed by atoms with Crippen molar-refractivity contribution < 1.29 is 14.0 Å². The monoisotopic (exact) mass is 241 g/mol. The Balaban J connectivity index is 1.86. The number of methoxy groups -OCH3 is 1. The van der Waals surface area contributed by atoms with Crippen molar-refractivity contribution >= 4 is 0 Å². The molecular weight excluding hydrogens is 222 g/mol. The van der Waals surface area contributed by atoms with Gasteiger partial charge in [0.1, 0.15) is 6.61 Å². The fraction of sp³-hybridized carbons (Fsp3) is 0.727. The van der Waals surface area contributed by atoms with E-state index in [0.717, 1.165) is 37.7 Å². The lowest BCUT2D eigenvalue weighted by atomic mass is 10.2. The number of morpholine rings is 1. The maximum atomic E-state index is 5.60. The second-order valence-corrected chi connectivity index (χ2v) is 4.18. The van der Waals surface area contributed by atoms with E-state index in [4.69, 9.17) is 19.7 Å².